The van der Waals surface area contributed by atoms with Gasteiger partial charge < -0.3 is 30.0 Å². The molecule has 1 fully saturated rings. The van der Waals surface area contributed by atoms with Crippen molar-refractivity contribution >= 4 is 6.29 Å². The predicted octanol–water partition coefficient (Wildman–Crippen LogP) is -3.01. The van der Waals surface area contributed by atoms with E-state index in [1.54, 1.807) is 0 Å². The summed E-state index contributed by atoms with van der Waals surface area (Å²) in [7, 11) is 0. The van der Waals surface area contributed by atoms with Crippen LogP contribution in [0, 0.1) is 0 Å². The van der Waals surface area contributed by atoms with E-state index in [0.717, 1.165) is 0 Å². The smallest absolute Gasteiger partial charge is 0.184 e. The van der Waals surface area contributed by atoms with Gasteiger partial charge in [-0.15, -0.1) is 0 Å². The van der Waals surface area contributed by atoms with Gasteiger partial charge in [-0.2, -0.15) is 0 Å². The average molecular weight is 178 g/mol. The number of carbonyl (C=O) groups is 1. The van der Waals surface area contributed by atoms with Crippen LogP contribution in [0.4, 0.5) is 0 Å². The highest BCUT2D eigenvalue weighted by Crippen LogP contribution is 2.21. The first-order valence-corrected chi connectivity index (χ1v) is 3.41. The van der Waals surface area contributed by atoms with Crippen molar-refractivity contribution in [1.82, 2.24) is 0 Å². The van der Waals surface area contributed by atoms with Crippen molar-refractivity contribution in [1.29, 1.82) is 0 Å². The minimum atomic E-state index is -1.56. The van der Waals surface area contributed by atoms with E-state index >= 15 is 0 Å². The summed E-state index contributed by atoms with van der Waals surface area (Å²) in [6.07, 6.45) is -7.11. The van der Waals surface area contributed by atoms with Crippen molar-refractivity contribution < 1.29 is 30.0 Å². The van der Waals surface area contributed by atoms with Gasteiger partial charge in [0.25, 0.3) is 0 Å². The quantitative estimate of drug-likeness (QED) is 0.335. The second-order valence-electron chi connectivity index (χ2n) is 2.60. The van der Waals surface area contributed by atoms with E-state index in [0.29, 0.717) is 0 Å². The van der Waals surface area contributed by atoms with Gasteiger partial charge in [-0.05, 0) is 0 Å². The molecule has 0 aromatic rings. The number of aliphatic hydroxyl groups excluding tert-OH is 4. The van der Waals surface area contributed by atoms with Crippen LogP contribution in [0.3, 0.4) is 0 Å². The van der Waals surface area contributed by atoms with E-state index in [1.807, 2.05) is 0 Å². The molecule has 1 heterocycles. The van der Waals surface area contributed by atoms with E-state index in [-0.39, 0.29) is 6.29 Å². The highest BCUT2D eigenvalue weighted by Gasteiger charge is 2.45. The van der Waals surface area contributed by atoms with Gasteiger partial charge in [-0.3, -0.25) is 0 Å². The minimum absolute atomic E-state index is 0.165. The summed E-state index contributed by atoms with van der Waals surface area (Å²) in [5.74, 6) is 0. The molecule has 6 nitrogen and oxygen atoms in total. The van der Waals surface area contributed by atoms with Gasteiger partial charge in [-0.1, -0.05) is 0 Å². The zero-order chi connectivity index (χ0) is 9.30. The molecule has 4 N–H and O–H groups in total. The molecule has 1 rings (SSSR count). The third kappa shape index (κ3) is 1.47. The zero-order valence-corrected chi connectivity index (χ0v) is 6.07. The van der Waals surface area contributed by atoms with Crippen LogP contribution in [0.25, 0.3) is 0 Å². The maximum atomic E-state index is 10.0. The summed E-state index contributed by atoms with van der Waals surface area (Å²) in [6, 6.07) is 0. The maximum absolute atomic E-state index is 10.0. The standard InChI is InChI=1S/C6H10O6/c7-1-2(8)5-3(9)4(10)6(11)12-5/h1-6,8-11H/t2-,3-,4-,5-,6+/m1/s1. The Balaban J connectivity index is 2.63. The minimum Gasteiger partial charge on any atom is -0.387 e. The van der Waals surface area contributed by atoms with Crippen LogP contribution < -0.4 is 0 Å². The summed E-state index contributed by atoms with van der Waals surface area (Å²) in [6.45, 7) is 0. The van der Waals surface area contributed by atoms with E-state index in [4.69, 9.17) is 20.4 Å². The normalized spacial score (nSPS) is 44.3. The second kappa shape index (κ2) is 3.46. The molecule has 0 saturated carbocycles. The van der Waals surface area contributed by atoms with E-state index < -0.39 is 30.7 Å². The highest BCUT2D eigenvalue weighted by molar-refractivity contribution is 5.57. The van der Waals surface area contributed by atoms with E-state index in [1.165, 1.54) is 0 Å². The first kappa shape index (κ1) is 9.56. The molecule has 0 aromatic carbocycles. The Labute approximate surface area is 68.0 Å². The third-order valence-corrected chi connectivity index (χ3v) is 1.75. The molecule has 1 saturated heterocycles. The Kier molecular flexibility index (Phi) is 2.76. The van der Waals surface area contributed by atoms with Crippen LogP contribution in [0.5, 0.6) is 0 Å². The monoisotopic (exact) mass is 178 g/mol. The molecular formula is C6H10O6. The lowest BCUT2D eigenvalue weighted by atomic mass is 10.1. The Morgan fingerprint density at radius 3 is 2.17 bits per heavy atom. The Bertz CT molecular complexity index is 171. The number of hydrogen-bond acceptors (Lipinski definition) is 6. The topological polar surface area (TPSA) is 107 Å². The van der Waals surface area contributed by atoms with Crippen LogP contribution in [0.15, 0.2) is 0 Å². The molecule has 1 aliphatic rings. The number of rotatable bonds is 2. The van der Waals surface area contributed by atoms with Crippen LogP contribution >= 0.6 is 0 Å². The van der Waals surface area contributed by atoms with Crippen LogP contribution in [0.1, 0.15) is 0 Å². The van der Waals surface area contributed by atoms with Crippen LogP contribution in [-0.2, 0) is 9.53 Å². The van der Waals surface area contributed by atoms with Crippen molar-refractivity contribution in [3.8, 4) is 0 Å². The molecule has 70 valence electrons. The van der Waals surface area contributed by atoms with E-state index in [2.05, 4.69) is 4.74 Å². The lowest BCUT2D eigenvalue weighted by Crippen LogP contribution is -2.39. The Morgan fingerprint density at radius 2 is 1.83 bits per heavy atom. The summed E-state index contributed by atoms with van der Waals surface area (Å²) in [5, 5.41) is 35.7. The predicted molar refractivity (Wildman–Crippen MR) is 35.0 cm³/mol. The molecule has 0 amide bonds. The first-order chi connectivity index (χ1) is 5.57. The molecule has 0 aliphatic carbocycles. The second-order valence-corrected chi connectivity index (χ2v) is 2.60. The molecule has 0 spiro atoms. The number of aldehydes is 1. The van der Waals surface area contributed by atoms with Gasteiger partial charge in [0, 0.05) is 0 Å². The Morgan fingerprint density at radius 1 is 1.25 bits per heavy atom. The van der Waals surface area contributed by atoms with Crippen molar-refractivity contribution in [2.45, 2.75) is 30.7 Å². The Hall–Kier alpha value is -0.530. The highest BCUT2D eigenvalue weighted by atomic mass is 16.6. The fraction of sp³-hybridized carbons (Fsp3) is 0.833. The molecule has 12 heavy (non-hydrogen) atoms. The molecule has 0 aromatic heterocycles. The van der Waals surface area contributed by atoms with Crippen LogP contribution in [-0.4, -0.2) is 57.4 Å². The largest absolute Gasteiger partial charge is 0.387 e. The van der Waals surface area contributed by atoms with Gasteiger partial charge >= 0.3 is 0 Å². The fourth-order valence-electron chi connectivity index (χ4n) is 1.04. The SMILES string of the molecule is O=C[C@@H](O)[C@H]1O[C@H](O)[C@H](O)[C@H]1O. The molecule has 0 radical (unpaired) electrons. The van der Waals surface area contributed by atoms with Crippen molar-refractivity contribution in [2.75, 3.05) is 0 Å². The fourth-order valence-corrected chi connectivity index (χ4v) is 1.04. The molecule has 5 atom stereocenters. The zero-order valence-electron chi connectivity index (χ0n) is 6.07. The number of aliphatic hydroxyl groups is 4. The summed E-state index contributed by atoms with van der Waals surface area (Å²) in [4.78, 5) is 10.0. The summed E-state index contributed by atoms with van der Waals surface area (Å²) < 4.78 is 4.51. The van der Waals surface area contributed by atoms with Crippen LogP contribution in [0.2, 0.25) is 0 Å². The van der Waals surface area contributed by atoms with Gasteiger partial charge in [0.05, 0.1) is 0 Å². The number of carbonyl (C=O) groups excluding carboxylic acids is 1. The maximum Gasteiger partial charge on any atom is 0.184 e. The van der Waals surface area contributed by atoms with Gasteiger partial charge in [0.1, 0.15) is 24.4 Å². The lowest BCUT2D eigenvalue weighted by molar-refractivity contribution is -0.150. The van der Waals surface area contributed by atoms with Gasteiger partial charge in [-0.25, -0.2) is 0 Å². The summed E-state index contributed by atoms with van der Waals surface area (Å²) in [5.41, 5.74) is 0. The van der Waals surface area contributed by atoms with Crippen molar-refractivity contribution in [3.05, 3.63) is 0 Å². The van der Waals surface area contributed by atoms with E-state index in [9.17, 15) is 4.79 Å². The third-order valence-electron chi connectivity index (χ3n) is 1.75. The number of hydrogen-bond donors (Lipinski definition) is 4. The van der Waals surface area contributed by atoms with Crippen molar-refractivity contribution in [2.24, 2.45) is 0 Å². The average Bonchev–Trinajstić information content (AvgIpc) is 2.32. The molecule has 1 aliphatic heterocycles. The lowest BCUT2D eigenvalue weighted by Gasteiger charge is -2.15. The van der Waals surface area contributed by atoms with Crippen molar-refractivity contribution in [3.63, 3.8) is 0 Å². The molecule has 0 unspecified atom stereocenters. The molecule has 6 heteroatoms. The van der Waals surface area contributed by atoms with Gasteiger partial charge in [0.15, 0.2) is 12.6 Å². The van der Waals surface area contributed by atoms with Gasteiger partial charge in [0.2, 0.25) is 0 Å². The first-order valence-electron chi connectivity index (χ1n) is 3.41. The molecule has 0 bridgehead atoms. The molecular weight excluding hydrogens is 168 g/mol. The number of ether oxygens (including phenoxy) is 1. The summed E-state index contributed by atoms with van der Waals surface area (Å²) >= 11 is 0.